The van der Waals surface area contributed by atoms with Crippen molar-refractivity contribution in [1.82, 2.24) is 0 Å². The average molecular weight is 434 g/mol. The maximum atomic E-state index is 12.9. The van der Waals surface area contributed by atoms with Gasteiger partial charge < -0.3 is 9.64 Å². The Kier molecular flexibility index (Phi) is 9.10. The molecule has 0 saturated carbocycles. The van der Waals surface area contributed by atoms with E-state index in [1.807, 2.05) is 12.1 Å². The second-order valence-corrected chi connectivity index (χ2v) is 9.96. The third-order valence-electron chi connectivity index (χ3n) is 4.00. The highest BCUT2D eigenvalue weighted by molar-refractivity contribution is 9.10. The van der Waals surface area contributed by atoms with Crippen molar-refractivity contribution in [2.45, 2.75) is 51.0 Å². The Balaban J connectivity index is 2.96. The normalized spacial score (nSPS) is 13.0. The molecule has 0 aliphatic rings. The molecule has 0 fully saturated rings. The summed E-state index contributed by atoms with van der Waals surface area (Å²) in [6, 6.07) is 7.25. The number of rotatable bonds is 10. The minimum Gasteiger partial charge on any atom is -0.380 e. The Morgan fingerprint density at radius 2 is 1.76 bits per heavy atom. The second-order valence-electron chi connectivity index (χ2n) is 6.21. The standard InChI is InChI=1S/C18H28BrNO4S/c1-5-6-12-24-13-11-20(17-9-7-16(19)8-10-17)18(21)15(4)25(22,23)14(2)3/h7-10,14-15H,5-6,11-13H2,1-4H3/t15-/m0/s1. The van der Waals surface area contributed by atoms with Crippen LogP contribution in [0.5, 0.6) is 0 Å². The number of hydrogen-bond acceptors (Lipinski definition) is 4. The fourth-order valence-corrected chi connectivity index (χ4v) is 3.75. The highest BCUT2D eigenvalue weighted by Gasteiger charge is 2.34. The number of sulfone groups is 1. The summed E-state index contributed by atoms with van der Waals surface area (Å²) in [4.78, 5) is 14.4. The smallest absolute Gasteiger partial charge is 0.245 e. The fourth-order valence-electron chi connectivity index (χ4n) is 2.26. The minimum absolute atomic E-state index is 0.322. The lowest BCUT2D eigenvalue weighted by atomic mass is 10.2. The van der Waals surface area contributed by atoms with E-state index in [9.17, 15) is 13.2 Å². The van der Waals surface area contributed by atoms with Crippen LogP contribution in [0.3, 0.4) is 0 Å². The van der Waals surface area contributed by atoms with Gasteiger partial charge in [0.05, 0.1) is 11.9 Å². The number of amides is 1. The molecule has 0 aromatic heterocycles. The molecular formula is C18H28BrNO4S. The van der Waals surface area contributed by atoms with Crippen molar-refractivity contribution in [1.29, 1.82) is 0 Å². The first kappa shape index (κ1) is 22.1. The maximum Gasteiger partial charge on any atom is 0.245 e. The number of unbranched alkanes of at least 4 members (excludes halogenated alkanes) is 1. The van der Waals surface area contributed by atoms with E-state index in [2.05, 4.69) is 22.9 Å². The zero-order valence-corrected chi connectivity index (χ0v) is 17.8. The van der Waals surface area contributed by atoms with Crippen molar-refractivity contribution in [2.75, 3.05) is 24.7 Å². The molecule has 1 aromatic rings. The van der Waals surface area contributed by atoms with E-state index in [1.165, 1.54) is 11.8 Å². The van der Waals surface area contributed by atoms with Crippen molar-refractivity contribution in [3.05, 3.63) is 28.7 Å². The van der Waals surface area contributed by atoms with Crippen molar-refractivity contribution in [2.24, 2.45) is 0 Å². The molecule has 25 heavy (non-hydrogen) atoms. The highest BCUT2D eigenvalue weighted by atomic mass is 79.9. The van der Waals surface area contributed by atoms with E-state index >= 15 is 0 Å². The van der Waals surface area contributed by atoms with E-state index in [1.54, 1.807) is 26.0 Å². The fraction of sp³-hybridized carbons (Fsp3) is 0.611. The summed E-state index contributed by atoms with van der Waals surface area (Å²) in [5, 5.41) is -1.69. The average Bonchev–Trinajstić information content (AvgIpc) is 2.57. The monoisotopic (exact) mass is 433 g/mol. The molecule has 7 heteroatoms. The summed E-state index contributed by atoms with van der Waals surface area (Å²) in [6.07, 6.45) is 2.00. The molecule has 1 atom stereocenters. The van der Waals surface area contributed by atoms with E-state index in [-0.39, 0.29) is 0 Å². The Labute approximate surface area is 159 Å². The zero-order valence-electron chi connectivity index (χ0n) is 15.4. The van der Waals surface area contributed by atoms with Crippen molar-refractivity contribution in [3.63, 3.8) is 0 Å². The van der Waals surface area contributed by atoms with Gasteiger partial charge in [-0.05, 0) is 51.5 Å². The van der Waals surface area contributed by atoms with Crippen LogP contribution in [0.4, 0.5) is 5.69 Å². The molecule has 1 aromatic carbocycles. The summed E-state index contributed by atoms with van der Waals surface area (Å²) in [5.74, 6) is -0.421. The molecule has 0 spiro atoms. The molecule has 1 rings (SSSR count). The van der Waals surface area contributed by atoms with Gasteiger partial charge in [-0.25, -0.2) is 8.42 Å². The van der Waals surface area contributed by atoms with Crippen LogP contribution in [0.25, 0.3) is 0 Å². The molecule has 0 bridgehead atoms. The number of hydrogen-bond donors (Lipinski definition) is 0. The molecule has 0 saturated heterocycles. The second kappa shape index (κ2) is 10.3. The number of nitrogens with zero attached hydrogens (tertiary/aromatic N) is 1. The Morgan fingerprint density at radius 3 is 2.28 bits per heavy atom. The zero-order chi connectivity index (χ0) is 19.0. The topological polar surface area (TPSA) is 63.7 Å². The van der Waals surface area contributed by atoms with Crippen LogP contribution < -0.4 is 4.90 Å². The number of anilines is 1. The van der Waals surface area contributed by atoms with Crippen LogP contribution in [0, 0.1) is 0 Å². The largest absolute Gasteiger partial charge is 0.380 e. The Bertz CT molecular complexity index is 644. The lowest BCUT2D eigenvalue weighted by Gasteiger charge is -2.27. The molecule has 0 unspecified atom stereocenters. The minimum atomic E-state index is -3.52. The first-order valence-electron chi connectivity index (χ1n) is 8.59. The summed E-state index contributed by atoms with van der Waals surface area (Å²) in [5.41, 5.74) is 0.665. The van der Waals surface area contributed by atoms with Crippen LogP contribution in [0.2, 0.25) is 0 Å². The number of carbonyl (C=O) groups is 1. The van der Waals surface area contributed by atoms with Crippen LogP contribution in [-0.4, -0.2) is 44.6 Å². The van der Waals surface area contributed by atoms with E-state index in [4.69, 9.17) is 4.74 Å². The molecule has 1 amide bonds. The van der Waals surface area contributed by atoms with Crippen molar-refractivity contribution >= 4 is 37.4 Å². The molecule has 142 valence electrons. The third kappa shape index (κ3) is 6.38. The number of benzene rings is 1. The summed E-state index contributed by atoms with van der Waals surface area (Å²) < 4.78 is 31.2. The van der Waals surface area contributed by atoms with Crippen molar-refractivity contribution < 1.29 is 17.9 Å². The lowest BCUT2D eigenvalue weighted by molar-refractivity contribution is -0.118. The van der Waals surface area contributed by atoms with Gasteiger partial charge in [-0.3, -0.25) is 4.79 Å². The van der Waals surface area contributed by atoms with Gasteiger partial charge >= 0.3 is 0 Å². The van der Waals surface area contributed by atoms with Crippen molar-refractivity contribution in [3.8, 4) is 0 Å². The summed E-state index contributed by atoms with van der Waals surface area (Å²) >= 11 is 3.37. The van der Waals surface area contributed by atoms with Gasteiger partial charge in [0.25, 0.3) is 0 Å². The molecule has 0 aliphatic heterocycles. The van der Waals surface area contributed by atoms with Gasteiger partial charge in [-0.15, -0.1) is 0 Å². The van der Waals surface area contributed by atoms with E-state index in [0.717, 1.165) is 17.3 Å². The predicted molar refractivity (Wildman–Crippen MR) is 106 cm³/mol. The van der Waals surface area contributed by atoms with Gasteiger partial charge in [0.15, 0.2) is 9.84 Å². The first-order valence-corrected chi connectivity index (χ1v) is 11.0. The molecular weight excluding hydrogens is 406 g/mol. The molecule has 5 nitrogen and oxygen atoms in total. The van der Waals surface area contributed by atoms with E-state index < -0.39 is 26.2 Å². The van der Waals surface area contributed by atoms with Crippen LogP contribution >= 0.6 is 15.9 Å². The van der Waals surface area contributed by atoms with Crippen LogP contribution in [0.15, 0.2) is 28.7 Å². The molecule has 0 radical (unpaired) electrons. The predicted octanol–water partition coefficient (Wildman–Crippen LogP) is 3.81. The summed E-state index contributed by atoms with van der Waals surface area (Å²) in [6.45, 7) is 8.06. The Hall–Kier alpha value is -0.920. The number of halogens is 1. The van der Waals surface area contributed by atoms with Gasteiger partial charge in [-0.2, -0.15) is 0 Å². The van der Waals surface area contributed by atoms with Gasteiger partial charge in [0, 0.05) is 23.3 Å². The van der Waals surface area contributed by atoms with E-state index in [0.29, 0.717) is 25.4 Å². The van der Waals surface area contributed by atoms with Crippen LogP contribution in [0.1, 0.15) is 40.5 Å². The first-order chi connectivity index (χ1) is 11.7. The third-order valence-corrected chi connectivity index (χ3v) is 7.03. The van der Waals surface area contributed by atoms with Gasteiger partial charge in [0.2, 0.25) is 5.91 Å². The number of carbonyl (C=O) groups excluding carboxylic acids is 1. The maximum absolute atomic E-state index is 12.9. The van der Waals surface area contributed by atoms with Gasteiger partial charge in [-0.1, -0.05) is 29.3 Å². The molecule has 0 aliphatic carbocycles. The quantitative estimate of drug-likeness (QED) is 0.526. The molecule has 0 N–H and O–H groups in total. The van der Waals surface area contributed by atoms with Gasteiger partial charge in [0.1, 0.15) is 5.25 Å². The summed E-state index contributed by atoms with van der Waals surface area (Å²) in [7, 11) is -3.52. The highest BCUT2D eigenvalue weighted by Crippen LogP contribution is 2.21. The molecule has 0 heterocycles. The SMILES string of the molecule is CCCCOCCN(C(=O)[C@H](C)S(=O)(=O)C(C)C)c1ccc(Br)cc1. The lowest BCUT2D eigenvalue weighted by Crippen LogP contribution is -2.45. The Morgan fingerprint density at radius 1 is 1.16 bits per heavy atom. The van der Waals surface area contributed by atoms with Crippen LogP contribution in [-0.2, 0) is 19.4 Å². The number of ether oxygens (including phenoxy) is 1.